The fraction of sp³-hybridized carbons (Fsp3) is 0.600. The summed E-state index contributed by atoms with van der Waals surface area (Å²) in [6, 6.07) is 4.67. The number of rotatable bonds is 6. The summed E-state index contributed by atoms with van der Waals surface area (Å²) in [5.41, 5.74) is 8.22. The molecule has 1 aromatic heterocycles. The zero-order valence-corrected chi connectivity index (χ0v) is 9.94. The summed E-state index contributed by atoms with van der Waals surface area (Å²) < 4.78 is 0. The van der Waals surface area contributed by atoms with Gasteiger partial charge in [0.1, 0.15) is 0 Å². The maximum atomic E-state index is 8.22. The third kappa shape index (κ3) is 4.34. The van der Waals surface area contributed by atoms with Gasteiger partial charge in [0.15, 0.2) is 0 Å². The lowest BCUT2D eigenvalue weighted by atomic mass is 10.3. The molecule has 0 saturated heterocycles. The first kappa shape index (κ1) is 12.0. The smallest absolute Gasteiger partial charge is 0.0386 e. The highest BCUT2D eigenvalue weighted by molar-refractivity contribution is 7.09. The first-order valence-corrected chi connectivity index (χ1v) is 5.89. The summed E-state index contributed by atoms with van der Waals surface area (Å²) in [5, 5.41) is 5.65. The molecular weight excluding hydrogens is 208 g/mol. The fourth-order valence-corrected chi connectivity index (χ4v) is 2.07. The molecule has 1 rings (SSSR count). The molecule has 4 nitrogen and oxygen atoms in total. The van der Waals surface area contributed by atoms with E-state index in [1.54, 1.807) is 11.3 Å². The monoisotopic (exact) mass is 224 g/mol. The topological polar surface area (TPSA) is 52.0 Å². The van der Waals surface area contributed by atoms with Gasteiger partial charge >= 0.3 is 0 Å². The van der Waals surface area contributed by atoms with E-state index in [9.17, 15) is 0 Å². The van der Waals surface area contributed by atoms with E-state index in [2.05, 4.69) is 46.3 Å². The molecule has 1 aromatic rings. The predicted octanol–water partition coefficient (Wildman–Crippen LogP) is 3.27. The molecule has 0 atom stereocenters. The van der Waals surface area contributed by atoms with Crippen molar-refractivity contribution in [1.82, 2.24) is 4.90 Å². The Hall–Kier alpha value is -1.03. The quantitative estimate of drug-likeness (QED) is 0.415. The standard InChI is InChI=1S/C10H16N4S/c1-9(2)14(6-5-12-13-11)8-10-4-3-7-15-10/h3-4,7,9H,5-6,8H2,1-2H3. The van der Waals surface area contributed by atoms with Gasteiger partial charge in [-0.05, 0) is 30.8 Å². The van der Waals surface area contributed by atoms with Crippen LogP contribution >= 0.6 is 11.3 Å². The molecule has 0 radical (unpaired) electrons. The molecule has 0 N–H and O–H groups in total. The molecule has 0 spiro atoms. The van der Waals surface area contributed by atoms with Gasteiger partial charge in [0.25, 0.3) is 0 Å². The van der Waals surface area contributed by atoms with Crippen molar-refractivity contribution >= 4 is 11.3 Å². The number of thiophene rings is 1. The molecule has 0 fully saturated rings. The van der Waals surface area contributed by atoms with E-state index in [0.29, 0.717) is 12.6 Å². The maximum Gasteiger partial charge on any atom is 0.0386 e. The molecular formula is C10H16N4S. The summed E-state index contributed by atoms with van der Waals surface area (Å²) in [6.45, 7) is 6.61. The Labute approximate surface area is 94.2 Å². The highest BCUT2D eigenvalue weighted by Gasteiger charge is 2.09. The summed E-state index contributed by atoms with van der Waals surface area (Å²) in [4.78, 5) is 6.42. The molecule has 82 valence electrons. The van der Waals surface area contributed by atoms with Crippen molar-refractivity contribution < 1.29 is 0 Å². The molecule has 0 unspecified atom stereocenters. The van der Waals surface area contributed by atoms with E-state index in [1.807, 2.05) is 0 Å². The normalized spacial score (nSPS) is 10.7. The first-order valence-electron chi connectivity index (χ1n) is 5.01. The van der Waals surface area contributed by atoms with Crippen molar-refractivity contribution in [3.8, 4) is 0 Å². The number of azide groups is 1. The summed E-state index contributed by atoms with van der Waals surface area (Å²) >= 11 is 1.76. The van der Waals surface area contributed by atoms with Gasteiger partial charge in [0, 0.05) is 35.5 Å². The van der Waals surface area contributed by atoms with Crippen molar-refractivity contribution in [1.29, 1.82) is 0 Å². The third-order valence-corrected chi connectivity index (χ3v) is 3.08. The minimum Gasteiger partial charge on any atom is -0.296 e. The largest absolute Gasteiger partial charge is 0.296 e. The second-order valence-electron chi connectivity index (χ2n) is 3.60. The Balaban J connectivity index is 2.47. The van der Waals surface area contributed by atoms with E-state index in [4.69, 9.17) is 5.53 Å². The van der Waals surface area contributed by atoms with Crippen LogP contribution in [0.15, 0.2) is 22.6 Å². The van der Waals surface area contributed by atoms with Crippen molar-refractivity contribution in [2.24, 2.45) is 5.11 Å². The van der Waals surface area contributed by atoms with Gasteiger partial charge < -0.3 is 0 Å². The molecule has 0 aliphatic heterocycles. The van der Waals surface area contributed by atoms with Crippen molar-refractivity contribution in [3.05, 3.63) is 32.8 Å². The molecule has 0 amide bonds. The lowest BCUT2D eigenvalue weighted by Gasteiger charge is -2.24. The van der Waals surface area contributed by atoms with E-state index < -0.39 is 0 Å². The SMILES string of the molecule is CC(C)N(CCN=[N+]=[N-])Cc1cccs1. The average Bonchev–Trinajstić information content (AvgIpc) is 2.69. The summed E-state index contributed by atoms with van der Waals surface area (Å²) in [6.07, 6.45) is 0. The second-order valence-corrected chi connectivity index (χ2v) is 4.63. The highest BCUT2D eigenvalue weighted by atomic mass is 32.1. The third-order valence-electron chi connectivity index (χ3n) is 2.22. The van der Waals surface area contributed by atoms with E-state index >= 15 is 0 Å². The number of nitrogens with zero attached hydrogens (tertiary/aromatic N) is 4. The van der Waals surface area contributed by atoms with Crippen LogP contribution in [0.2, 0.25) is 0 Å². The van der Waals surface area contributed by atoms with Gasteiger partial charge in [-0.15, -0.1) is 11.3 Å². The lowest BCUT2D eigenvalue weighted by Crippen LogP contribution is -2.32. The zero-order chi connectivity index (χ0) is 11.1. The van der Waals surface area contributed by atoms with Crippen molar-refractivity contribution in [2.75, 3.05) is 13.1 Å². The van der Waals surface area contributed by atoms with Crippen LogP contribution in [-0.2, 0) is 6.54 Å². The summed E-state index contributed by atoms with van der Waals surface area (Å²) in [7, 11) is 0. The van der Waals surface area contributed by atoms with E-state index in [0.717, 1.165) is 13.1 Å². The van der Waals surface area contributed by atoms with Gasteiger partial charge in [-0.1, -0.05) is 11.2 Å². The molecule has 0 aliphatic carbocycles. The first-order chi connectivity index (χ1) is 7.24. The number of hydrogen-bond donors (Lipinski definition) is 0. The minimum atomic E-state index is 0.473. The molecule has 15 heavy (non-hydrogen) atoms. The highest BCUT2D eigenvalue weighted by Crippen LogP contribution is 2.13. The van der Waals surface area contributed by atoms with Crippen molar-refractivity contribution in [2.45, 2.75) is 26.4 Å². The van der Waals surface area contributed by atoms with Crippen LogP contribution in [-0.4, -0.2) is 24.0 Å². The zero-order valence-electron chi connectivity index (χ0n) is 9.13. The predicted molar refractivity (Wildman–Crippen MR) is 63.9 cm³/mol. The van der Waals surface area contributed by atoms with E-state index in [-0.39, 0.29) is 0 Å². The van der Waals surface area contributed by atoms with Gasteiger partial charge in [-0.3, -0.25) is 4.90 Å². The van der Waals surface area contributed by atoms with Gasteiger partial charge in [0.05, 0.1) is 0 Å². The molecule has 0 saturated carbocycles. The Morgan fingerprint density at radius 1 is 1.60 bits per heavy atom. The van der Waals surface area contributed by atoms with Gasteiger partial charge in [-0.25, -0.2) is 0 Å². The molecule has 5 heteroatoms. The van der Waals surface area contributed by atoms with Gasteiger partial charge in [-0.2, -0.15) is 0 Å². The Kier molecular flexibility index (Phi) is 5.18. The maximum absolute atomic E-state index is 8.22. The molecule has 0 bridgehead atoms. The average molecular weight is 224 g/mol. The van der Waals surface area contributed by atoms with Gasteiger partial charge in [0.2, 0.25) is 0 Å². The minimum absolute atomic E-state index is 0.473. The second kappa shape index (κ2) is 6.45. The Morgan fingerprint density at radius 3 is 2.93 bits per heavy atom. The van der Waals surface area contributed by atoms with Crippen LogP contribution in [0, 0.1) is 0 Å². The lowest BCUT2D eigenvalue weighted by molar-refractivity contribution is 0.221. The van der Waals surface area contributed by atoms with Crippen LogP contribution in [0.3, 0.4) is 0 Å². The van der Waals surface area contributed by atoms with Crippen molar-refractivity contribution in [3.63, 3.8) is 0 Å². The molecule has 1 heterocycles. The molecule has 0 aliphatic rings. The van der Waals surface area contributed by atoms with Crippen LogP contribution in [0.4, 0.5) is 0 Å². The van der Waals surface area contributed by atoms with Crippen LogP contribution in [0.5, 0.6) is 0 Å². The van der Waals surface area contributed by atoms with Crippen LogP contribution < -0.4 is 0 Å². The Bertz CT molecular complexity index is 314. The fourth-order valence-electron chi connectivity index (χ4n) is 1.34. The van der Waals surface area contributed by atoms with Crippen LogP contribution in [0.25, 0.3) is 10.4 Å². The Morgan fingerprint density at radius 2 is 2.40 bits per heavy atom. The van der Waals surface area contributed by atoms with Crippen LogP contribution in [0.1, 0.15) is 18.7 Å². The van der Waals surface area contributed by atoms with E-state index in [1.165, 1.54) is 4.88 Å². The summed E-state index contributed by atoms with van der Waals surface area (Å²) in [5.74, 6) is 0. The number of hydrogen-bond acceptors (Lipinski definition) is 3. The molecule has 0 aromatic carbocycles.